The average Bonchev–Trinajstić information content (AvgIpc) is 3.63. The molecule has 0 unspecified atom stereocenters. The molecule has 3 heterocycles. The maximum Gasteiger partial charge on any atom is 0.296 e. The summed E-state index contributed by atoms with van der Waals surface area (Å²) in [7, 11) is -14.9. The van der Waals surface area contributed by atoms with Gasteiger partial charge in [-0.1, -0.05) is 59.6 Å². The summed E-state index contributed by atoms with van der Waals surface area (Å²) in [6, 6.07) is 16.7. The lowest BCUT2D eigenvalue weighted by Crippen LogP contribution is -2.15. The Morgan fingerprint density at radius 3 is 1.35 bits per heavy atom. The Bertz CT molecular complexity index is 2630. The summed E-state index contributed by atoms with van der Waals surface area (Å²) in [6.07, 6.45) is 0. The van der Waals surface area contributed by atoms with Gasteiger partial charge in [-0.15, -0.1) is 22.7 Å². The van der Waals surface area contributed by atoms with Gasteiger partial charge in [0.1, 0.15) is 19.5 Å². The molecule has 49 heavy (non-hydrogen) atoms. The van der Waals surface area contributed by atoms with Crippen LogP contribution in [0.25, 0.3) is 31.3 Å². The molecule has 0 bridgehead atoms. The molecule has 4 N–H and O–H groups in total. The van der Waals surface area contributed by atoms with Crippen LogP contribution < -0.4 is 10.6 Å². The Labute approximate surface area is 295 Å². The molecular formula is C30H16Cl2N2O10S5. The quantitative estimate of drug-likeness (QED) is 0.124. The number of benzene rings is 4. The van der Waals surface area contributed by atoms with E-state index in [2.05, 4.69) is 10.6 Å². The fraction of sp³-hybridized carbons (Fsp3) is 0. The van der Waals surface area contributed by atoms with Gasteiger partial charge in [-0.2, -0.15) is 16.8 Å². The largest absolute Gasteiger partial charge is 0.320 e. The molecule has 7 rings (SSSR count). The Hall–Kier alpha value is -3.91. The summed E-state index contributed by atoms with van der Waals surface area (Å²) < 4.78 is 99.3. The van der Waals surface area contributed by atoms with Crippen molar-refractivity contribution in [2.24, 2.45) is 0 Å². The van der Waals surface area contributed by atoms with Crippen LogP contribution in [0.5, 0.6) is 0 Å². The second kappa shape index (κ2) is 11.6. The van der Waals surface area contributed by atoms with E-state index < -0.39 is 72.8 Å². The number of hydrogen-bond donors (Lipinski definition) is 4. The predicted molar refractivity (Wildman–Crippen MR) is 187 cm³/mol. The highest BCUT2D eigenvalue weighted by Crippen LogP contribution is 2.49. The second-order valence-electron chi connectivity index (χ2n) is 10.5. The van der Waals surface area contributed by atoms with Crippen molar-refractivity contribution in [3.8, 4) is 11.1 Å². The van der Waals surface area contributed by atoms with Gasteiger partial charge in [0.15, 0.2) is 0 Å². The van der Waals surface area contributed by atoms with Crippen molar-refractivity contribution in [1.29, 1.82) is 0 Å². The van der Waals surface area contributed by atoms with Gasteiger partial charge in [-0.3, -0.25) is 18.7 Å². The van der Waals surface area contributed by atoms with Gasteiger partial charge in [0.25, 0.3) is 32.1 Å². The van der Waals surface area contributed by atoms with Gasteiger partial charge in [0.2, 0.25) is 9.84 Å². The number of fused-ring (bicyclic) bond motifs is 5. The molecule has 4 aromatic carbocycles. The van der Waals surface area contributed by atoms with Crippen molar-refractivity contribution in [1.82, 2.24) is 0 Å². The Morgan fingerprint density at radius 1 is 0.633 bits per heavy atom. The van der Waals surface area contributed by atoms with Crippen molar-refractivity contribution >= 4 is 119 Å². The van der Waals surface area contributed by atoms with E-state index in [-0.39, 0.29) is 30.9 Å². The SMILES string of the molecule is O=C(Nc1cc2c(cc1S(=O)(=O)O)-c1cc(S(=O)(=O)O)c(NC(=O)c3sc4ccccc4c3Cl)cc1S2(=O)=O)c1sc2ccccc2c1Cl. The van der Waals surface area contributed by atoms with Gasteiger partial charge < -0.3 is 10.6 Å². The fourth-order valence-electron chi connectivity index (χ4n) is 5.40. The summed E-state index contributed by atoms with van der Waals surface area (Å²) in [4.78, 5) is 23.6. The van der Waals surface area contributed by atoms with E-state index in [1.165, 1.54) is 0 Å². The van der Waals surface area contributed by atoms with Crippen molar-refractivity contribution in [3.63, 3.8) is 0 Å². The van der Waals surface area contributed by atoms with Gasteiger partial charge in [-0.05, 0) is 36.4 Å². The van der Waals surface area contributed by atoms with Crippen LogP contribution in [0.4, 0.5) is 11.4 Å². The minimum Gasteiger partial charge on any atom is -0.320 e. The van der Waals surface area contributed by atoms with Gasteiger partial charge in [0, 0.05) is 31.3 Å². The number of carbonyl (C=O) groups excluding carboxylic acids is 2. The van der Waals surface area contributed by atoms with Gasteiger partial charge in [-0.25, -0.2) is 8.42 Å². The van der Waals surface area contributed by atoms with Gasteiger partial charge in [0.05, 0.1) is 31.2 Å². The molecule has 12 nitrogen and oxygen atoms in total. The molecule has 19 heteroatoms. The summed E-state index contributed by atoms with van der Waals surface area (Å²) in [5.74, 6) is -1.80. The van der Waals surface area contributed by atoms with Crippen LogP contribution in [0, 0.1) is 0 Å². The monoisotopic (exact) mass is 794 g/mol. The molecule has 1 aliphatic heterocycles. The highest BCUT2D eigenvalue weighted by molar-refractivity contribution is 7.92. The normalized spacial score (nSPS) is 13.7. The van der Waals surface area contributed by atoms with Crippen LogP contribution in [0.3, 0.4) is 0 Å². The lowest BCUT2D eigenvalue weighted by molar-refractivity contribution is 0.102. The average molecular weight is 796 g/mol. The molecule has 0 saturated heterocycles. The number of amides is 2. The first-order valence-corrected chi connectivity index (χ1v) is 20.3. The number of carbonyl (C=O) groups is 2. The maximum absolute atomic E-state index is 13.9. The zero-order valence-electron chi connectivity index (χ0n) is 23.9. The van der Waals surface area contributed by atoms with E-state index in [1.807, 2.05) is 0 Å². The summed E-state index contributed by atoms with van der Waals surface area (Å²) in [6.45, 7) is 0. The molecule has 2 aromatic heterocycles. The number of anilines is 2. The van der Waals surface area contributed by atoms with Crippen molar-refractivity contribution in [2.45, 2.75) is 19.6 Å². The van der Waals surface area contributed by atoms with Crippen LogP contribution in [0.1, 0.15) is 19.3 Å². The molecular weight excluding hydrogens is 780 g/mol. The molecule has 2 amide bonds. The smallest absolute Gasteiger partial charge is 0.296 e. The van der Waals surface area contributed by atoms with E-state index in [0.717, 1.165) is 46.9 Å². The molecule has 0 fully saturated rings. The Balaban J connectivity index is 1.34. The minimum absolute atomic E-state index is 0.0206. The van der Waals surface area contributed by atoms with Crippen molar-refractivity contribution in [2.75, 3.05) is 10.6 Å². The molecule has 0 atom stereocenters. The van der Waals surface area contributed by atoms with E-state index in [4.69, 9.17) is 23.2 Å². The lowest BCUT2D eigenvalue weighted by atomic mass is 10.0. The number of rotatable bonds is 6. The lowest BCUT2D eigenvalue weighted by Gasteiger charge is -2.12. The third-order valence-corrected chi connectivity index (χ3v) is 14.5. The molecule has 0 aliphatic carbocycles. The molecule has 6 aromatic rings. The van der Waals surface area contributed by atoms with Crippen LogP contribution in [-0.4, -0.2) is 46.2 Å². The van der Waals surface area contributed by atoms with Crippen LogP contribution in [0.15, 0.2) is 92.4 Å². The highest BCUT2D eigenvalue weighted by Gasteiger charge is 2.38. The van der Waals surface area contributed by atoms with Crippen LogP contribution >= 0.6 is 45.9 Å². The van der Waals surface area contributed by atoms with Crippen molar-refractivity contribution in [3.05, 3.63) is 92.6 Å². The number of halogens is 2. The van der Waals surface area contributed by atoms with Crippen molar-refractivity contribution < 1.29 is 43.9 Å². The number of thiophene rings is 2. The summed E-state index contributed by atoms with van der Waals surface area (Å²) in [5, 5.41) is 5.86. The first-order chi connectivity index (χ1) is 23.0. The second-order valence-corrected chi connectivity index (χ2v) is 18.1. The number of hydrogen-bond acceptors (Lipinski definition) is 10. The van der Waals surface area contributed by atoms with E-state index in [9.17, 15) is 43.9 Å². The van der Waals surface area contributed by atoms with Gasteiger partial charge >= 0.3 is 0 Å². The molecule has 1 aliphatic rings. The first-order valence-electron chi connectivity index (χ1n) is 13.5. The Morgan fingerprint density at radius 2 is 1.00 bits per heavy atom. The zero-order chi connectivity index (χ0) is 35.2. The first kappa shape index (κ1) is 33.6. The zero-order valence-corrected chi connectivity index (χ0v) is 29.5. The van der Waals surface area contributed by atoms with E-state index >= 15 is 0 Å². The van der Waals surface area contributed by atoms with E-state index in [0.29, 0.717) is 20.2 Å². The minimum atomic E-state index is -5.14. The standard InChI is InChI=1S/C30H16Cl2N2O10S5/c31-25-13-5-1-3-7-19(13)45-27(25)29(35)33-17-11-21-15(9-23(17)48(39,40)41)16-10-24(49(42,43)44)18(12-22(16)47(21,37)38)34-30(36)28-26(32)14-6-2-4-8-20(14)46-28/h1-12H,(H,33,35)(H,34,36)(H,39,40,41)(H,42,43,44). The van der Waals surface area contributed by atoms with Crippen LogP contribution in [0.2, 0.25) is 10.0 Å². The topological polar surface area (TPSA) is 201 Å². The predicted octanol–water partition coefficient (Wildman–Crippen LogP) is 7.23. The number of sulfone groups is 1. The summed E-state index contributed by atoms with van der Waals surface area (Å²) >= 11 is 14.8. The molecule has 0 spiro atoms. The molecule has 0 radical (unpaired) electrons. The third-order valence-electron chi connectivity index (χ3n) is 7.57. The Kier molecular flexibility index (Phi) is 7.93. The third kappa shape index (κ3) is 5.60. The number of nitrogens with one attached hydrogen (secondary N) is 2. The molecule has 0 saturated carbocycles. The summed E-state index contributed by atoms with van der Waals surface area (Å²) in [5.41, 5.74) is -1.95. The maximum atomic E-state index is 13.9. The molecule has 250 valence electrons. The highest BCUT2D eigenvalue weighted by atomic mass is 35.5. The van der Waals surface area contributed by atoms with Crippen LogP contribution in [-0.2, 0) is 30.1 Å². The fourth-order valence-corrected chi connectivity index (χ4v) is 11.2. The van der Waals surface area contributed by atoms with E-state index in [1.54, 1.807) is 48.5 Å².